The van der Waals surface area contributed by atoms with Crippen LogP contribution in [0.1, 0.15) is 37.3 Å². The Morgan fingerprint density at radius 3 is 2.76 bits per heavy atom. The third-order valence-corrected chi connectivity index (χ3v) is 5.53. The molecule has 0 N–H and O–H groups in total. The molecule has 1 aromatic heterocycles. The minimum Gasteiger partial charge on any atom is -0.339 e. The fourth-order valence-electron chi connectivity index (χ4n) is 4.21. The van der Waals surface area contributed by atoms with Gasteiger partial charge >= 0.3 is 0 Å². The maximum atomic E-state index is 13.2. The van der Waals surface area contributed by atoms with Gasteiger partial charge in [-0.2, -0.15) is 0 Å². The number of carbonyl (C=O) groups excluding carboxylic acids is 1. The van der Waals surface area contributed by atoms with E-state index >= 15 is 0 Å². The fraction of sp³-hybridized carbons (Fsp3) is 0.500. The summed E-state index contributed by atoms with van der Waals surface area (Å²) in [5, 5.41) is 0. The van der Waals surface area contributed by atoms with Crippen molar-refractivity contribution in [3.8, 4) is 0 Å². The molecule has 0 spiro atoms. The lowest BCUT2D eigenvalue weighted by atomic mass is 10.0. The molecule has 0 aliphatic carbocycles. The van der Waals surface area contributed by atoms with Crippen LogP contribution >= 0.6 is 0 Å². The molecule has 2 saturated heterocycles. The SMILES string of the molecule is O=C([C@H]1CCCN1Cc1ccccc1)N1CCC[C@@H](n2ccnc2)C1. The van der Waals surface area contributed by atoms with Crippen molar-refractivity contribution in [3.63, 3.8) is 0 Å². The largest absolute Gasteiger partial charge is 0.339 e. The van der Waals surface area contributed by atoms with Gasteiger partial charge in [0.15, 0.2) is 0 Å². The van der Waals surface area contributed by atoms with Crippen LogP contribution in [0.2, 0.25) is 0 Å². The van der Waals surface area contributed by atoms with Crippen molar-refractivity contribution in [1.29, 1.82) is 0 Å². The Morgan fingerprint density at radius 1 is 1.12 bits per heavy atom. The van der Waals surface area contributed by atoms with Crippen molar-refractivity contribution < 1.29 is 4.79 Å². The first-order chi connectivity index (χ1) is 12.3. The van der Waals surface area contributed by atoms with E-state index in [0.29, 0.717) is 11.9 Å². The molecule has 0 saturated carbocycles. The van der Waals surface area contributed by atoms with Crippen LogP contribution in [0.15, 0.2) is 49.1 Å². The Labute approximate surface area is 149 Å². The number of carbonyl (C=O) groups is 1. The summed E-state index contributed by atoms with van der Waals surface area (Å²) in [6.45, 7) is 3.59. The lowest BCUT2D eigenvalue weighted by Crippen LogP contribution is -2.49. The molecule has 5 heteroatoms. The van der Waals surface area contributed by atoms with Crippen molar-refractivity contribution in [3.05, 3.63) is 54.6 Å². The molecule has 2 aliphatic heterocycles. The highest BCUT2D eigenvalue weighted by molar-refractivity contribution is 5.82. The predicted molar refractivity (Wildman–Crippen MR) is 97.0 cm³/mol. The van der Waals surface area contributed by atoms with E-state index in [1.54, 1.807) is 0 Å². The number of likely N-dealkylation sites (tertiary alicyclic amines) is 2. The van der Waals surface area contributed by atoms with E-state index in [4.69, 9.17) is 0 Å². The summed E-state index contributed by atoms with van der Waals surface area (Å²) in [4.78, 5) is 21.8. The molecule has 2 fully saturated rings. The Bertz CT molecular complexity index is 685. The first kappa shape index (κ1) is 16.3. The van der Waals surface area contributed by atoms with Crippen LogP contribution < -0.4 is 0 Å². The number of aromatic nitrogens is 2. The Hall–Kier alpha value is -2.14. The molecule has 3 heterocycles. The normalized spacial score (nSPS) is 24.6. The van der Waals surface area contributed by atoms with Crippen LogP contribution in [0.4, 0.5) is 0 Å². The van der Waals surface area contributed by atoms with Gasteiger partial charge in [-0.1, -0.05) is 30.3 Å². The van der Waals surface area contributed by atoms with E-state index in [9.17, 15) is 4.79 Å². The quantitative estimate of drug-likeness (QED) is 0.861. The van der Waals surface area contributed by atoms with Crippen LogP contribution in [-0.4, -0.2) is 50.9 Å². The minimum absolute atomic E-state index is 0.0433. The van der Waals surface area contributed by atoms with Crippen molar-refractivity contribution in [2.45, 2.75) is 44.3 Å². The van der Waals surface area contributed by atoms with Crippen LogP contribution in [0.3, 0.4) is 0 Å². The highest BCUT2D eigenvalue weighted by Crippen LogP contribution is 2.26. The van der Waals surface area contributed by atoms with Crippen molar-refractivity contribution in [1.82, 2.24) is 19.4 Å². The molecule has 0 bridgehead atoms. The average Bonchev–Trinajstić information content (AvgIpc) is 3.34. The first-order valence-electron chi connectivity index (χ1n) is 9.35. The van der Waals surface area contributed by atoms with Gasteiger partial charge in [0.25, 0.3) is 0 Å². The molecule has 2 aliphatic rings. The second-order valence-electron chi connectivity index (χ2n) is 7.20. The number of benzene rings is 1. The standard InChI is InChI=1S/C20H26N4O/c25-20(23-12-4-8-18(15-23)24-13-10-21-16-24)19-9-5-11-22(19)14-17-6-2-1-3-7-17/h1-3,6-7,10,13,16,18-19H,4-5,8-9,11-12,14-15H2/t18-,19-/m1/s1. The van der Waals surface area contributed by atoms with Crippen molar-refractivity contribution >= 4 is 5.91 Å². The number of nitrogens with zero attached hydrogens (tertiary/aromatic N) is 4. The number of hydrogen-bond donors (Lipinski definition) is 0. The van der Waals surface area contributed by atoms with E-state index in [-0.39, 0.29) is 6.04 Å². The Kier molecular flexibility index (Phi) is 4.83. The summed E-state index contributed by atoms with van der Waals surface area (Å²) in [6, 6.07) is 10.9. The molecular formula is C20H26N4O. The van der Waals surface area contributed by atoms with Crippen molar-refractivity contribution in [2.24, 2.45) is 0 Å². The maximum Gasteiger partial charge on any atom is 0.240 e. The minimum atomic E-state index is 0.0433. The zero-order chi connectivity index (χ0) is 17.1. The zero-order valence-electron chi connectivity index (χ0n) is 14.6. The number of hydrogen-bond acceptors (Lipinski definition) is 3. The average molecular weight is 338 g/mol. The predicted octanol–water partition coefficient (Wildman–Crippen LogP) is 2.71. The molecule has 25 heavy (non-hydrogen) atoms. The molecular weight excluding hydrogens is 312 g/mol. The number of amides is 1. The smallest absolute Gasteiger partial charge is 0.240 e. The lowest BCUT2D eigenvalue weighted by Gasteiger charge is -2.36. The van der Waals surface area contributed by atoms with Gasteiger partial charge in [0.2, 0.25) is 5.91 Å². The Balaban J connectivity index is 1.42. The second-order valence-corrected chi connectivity index (χ2v) is 7.20. The van der Waals surface area contributed by atoms with Gasteiger partial charge in [0.1, 0.15) is 0 Å². The van der Waals surface area contributed by atoms with Crippen LogP contribution in [0.5, 0.6) is 0 Å². The summed E-state index contributed by atoms with van der Waals surface area (Å²) >= 11 is 0. The fourth-order valence-corrected chi connectivity index (χ4v) is 4.21. The highest BCUT2D eigenvalue weighted by atomic mass is 16.2. The third-order valence-electron chi connectivity index (χ3n) is 5.53. The van der Waals surface area contributed by atoms with Gasteiger partial charge in [-0.3, -0.25) is 9.69 Å². The van der Waals surface area contributed by atoms with Gasteiger partial charge in [-0.15, -0.1) is 0 Å². The lowest BCUT2D eigenvalue weighted by molar-refractivity contribution is -0.137. The highest BCUT2D eigenvalue weighted by Gasteiger charge is 2.35. The molecule has 4 rings (SSSR count). The van der Waals surface area contributed by atoms with Crippen LogP contribution in [-0.2, 0) is 11.3 Å². The van der Waals surface area contributed by atoms with Crippen molar-refractivity contribution in [2.75, 3.05) is 19.6 Å². The third kappa shape index (κ3) is 3.61. The molecule has 5 nitrogen and oxygen atoms in total. The first-order valence-corrected chi connectivity index (χ1v) is 9.35. The van der Waals surface area contributed by atoms with Crippen LogP contribution in [0.25, 0.3) is 0 Å². The number of imidazole rings is 1. The molecule has 132 valence electrons. The number of rotatable bonds is 4. The van der Waals surface area contributed by atoms with E-state index in [1.165, 1.54) is 5.56 Å². The van der Waals surface area contributed by atoms with Gasteiger partial charge in [-0.05, 0) is 37.8 Å². The monoisotopic (exact) mass is 338 g/mol. The van der Waals surface area contributed by atoms with Gasteiger partial charge < -0.3 is 9.47 Å². The molecule has 0 unspecified atom stereocenters. The zero-order valence-corrected chi connectivity index (χ0v) is 14.6. The molecule has 1 aromatic carbocycles. The summed E-state index contributed by atoms with van der Waals surface area (Å²) in [5.74, 6) is 0.318. The summed E-state index contributed by atoms with van der Waals surface area (Å²) < 4.78 is 2.15. The van der Waals surface area contributed by atoms with Gasteiger partial charge in [0, 0.05) is 32.0 Å². The van der Waals surface area contributed by atoms with Crippen LogP contribution in [0, 0.1) is 0 Å². The summed E-state index contributed by atoms with van der Waals surface area (Å²) in [6.07, 6.45) is 9.99. The second kappa shape index (κ2) is 7.40. The molecule has 2 aromatic rings. The molecule has 0 radical (unpaired) electrons. The summed E-state index contributed by atoms with van der Waals surface area (Å²) in [7, 11) is 0. The topological polar surface area (TPSA) is 41.4 Å². The molecule has 1 amide bonds. The number of piperidine rings is 1. The maximum absolute atomic E-state index is 13.2. The van der Waals surface area contributed by atoms with Gasteiger partial charge in [-0.25, -0.2) is 4.98 Å². The van der Waals surface area contributed by atoms with E-state index < -0.39 is 0 Å². The van der Waals surface area contributed by atoms with E-state index in [2.05, 4.69) is 43.6 Å². The van der Waals surface area contributed by atoms with E-state index in [1.807, 2.05) is 24.8 Å². The summed E-state index contributed by atoms with van der Waals surface area (Å²) in [5.41, 5.74) is 1.29. The molecule has 2 atom stereocenters. The Morgan fingerprint density at radius 2 is 1.96 bits per heavy atom. The van der Waals surface area contributed by atoms with Gasteiger partial charge in [0.05, 0.1) is 18.4 Å². The van der Waals surface area contributed by atoms with E-state index in [0.717, 1.165) is 51.9 Å².